The Bertz CT molecular complexity index is 423. The van der Waals surface area contributed by atoms with Gasteiger partial charge in [0.1, 0.15) is 5.75 Å². The Labute approximate surface area is 111 Å². The van der Waals surface area contributed by atoms with Crippen molar-refractivity contribution in [3.63, 3.8) is 0 Å². The molecule has 1 N–H and O–H groups in total. The van der Waals surface area contributed by atoms with Crippen LogP contribution in [0.3, 0.4) is 0 Å². The molecular formula is C7H8ClNaO4S. The first kappa shape index (κ1) is 14.2. The van der Waals surface area contributed by atoms with Gasteiger partial charge in [-0.3, -0.25) is 4.55 Å². The maximum absolute atomic E-state index is 10.6. The van der Waals surface area contributed by atoms with Crippen molar-refractivity contribution in [1.82, 2.24) is 0 Å². The van der Waals surface area contributed by atoms with Gasteiger partial charge in [0.05, 0.1) is 17.0 Å². The third kappa shape index (κ3) is 3.42. The first-order chi connectivity index (χ1) is 5.95. The zero-order valence-corrected chi connectivity index (χ0v) is 11.3. The van der Waals surface area contributed by atoms with Crippen molar-refractivity contribution < 1.29 is 48.7 Å². The number of ether oxygens (including phenoxy) is 1. The van der Waals surface area contributed by atoms with E-state index in [-0.39, 0.29) is 40.9 Å². The van der Waals surface area contributed by atoms with Gasteiger partial charge in [-0.1, -0.05) is 11.6 Å². The number of hydrogen-bond acceptors (Lipinski definition) is 3. The summed E-state index contributed by atoms with van der Waals surface area (Å²) in [5.41, 5.74) is 0. The second-order valence-corrected chi connectivity index (χ2v) is 4.10. The molecule has 0 aromatic heterocycles. The monoisotopic (exact) mass is 246 g/mol. The molecule has 0 aliphatic carbocycles. The summed E-state index contributed by atoms with van der Waals surface area (Å²) in [6, 6.07) is 3.70. The smallest absolute Gasteiger partial charge is 1.00 e. The van der Waals surface area contributed by atoms with Gasteiger partial charge in [0.15, 0.2) is 0 Å². The van der Waals surface area contributed by atoms with Crippen LogP contribution in [-0.2, 0) is 10.1 Å². The minimum absolute atomic E-state index is 0. The van der Waals surface area contributed by atoms with Crippen molar-refractivity contribution in [2.24, 2.45) is 0 Å². The molecule has 0 aliphatic rings. The standard InChI is InChI=1S/C7H7ClO4S.Na.H/c1-12-7-3-2-5(4-6(7)8)13(9,10)11;;/h2-4H,1H3,(H,9,10,11);;/q;+1;-1. The van der Waals surface area contributed by atoms with Crippen LogP contribution in [0.5, 0.6) is 5.75 Å². The molecule has 7 heteroatoms. The summed E-state index contributed by atoms with van der Waals surface area (Å²) in [7, 11) is -2.78. The zero-order chi connectivity index (χ0) is 10.1. The van der Waals surface area contributed by atoms with Crippen LogP contribution >= 0.6 is 11.6 Å². The van der Waals surface area contributed by atoms with E-state index in [1.54, 1.807) is 0 Å². The van der Waals surface area contributed by atoms with E-state index in [1.807, 2.05) is 0 Å². The Hall–Kier alpha value is 0.220. The van der Waals surface area contributed by atoms with Gasteiger partial charge in [-0.05, 0) is 18.2 Å². The molecule has 1 rings (SSSR count). The Morgan fingerprint density at radius 1 is 1.50 bits per heavy atom. The van der Waals surface area contributed by atoms with Crippen LogP contribution in [0.2, 0.25) is 5.02 Å². The molecule has 0 aliphatic heterocycles. The van der Waals surface area contributed by atoms with Crippen molar-refractivity contribution in [3.8, 4) is 5.75 Å². The van der Waals surface area contributed by atoms with Gasteiger partial charge in [-0.15, -0.1) is 0 Å². The molecule has 0 heterocycles. The van der Waals surface area contributed by atoms with Crippen LogP contribution in [0.15, 0.2) is 23.1 Å². The third-order valence-corrected chi connectivity index (χ3v) is 2.57. The molecule has 74 valence electrons. The van der Waals surface area contributed by atoms with E-state index in [4.69, 9.17) is 20.9 Å². The third-order valence-electron chi connectivity index (χ3n) is 1.42. The Kier molecular flexibility index (Phi) is 5.43. The number of hydrogen-bond donors (Lipinski definition) is 1. The number of methoxy groups -OCH3 is 1. The summed E-state index contributed by atoms with van der Waals surface area (Å²) in [6.45, 7) is 0. The van der Waals surface area contributed by atoms with E-state index < -0.39 is 10.1 Å². The van der Waals surface area contributed by atoms with E-state index >= 15 is 0 Å². The van der Waals surface area contributed by atoms with E-state index in [0.717, 1.165) is 6.07 Å². The van der Waals surface area contributed by atoms with Crippen molar-refractivity contribution >= 4 is 21.7 Å². The van der Waals surface area contributed by atoms with Gasteiger partial charge in [-0.2, -0.15) is 8.42 Å². The van der Waals surface area contributed by atoms with Crippen LogP contribution in [0.4, 0.5) is 0 Å². The zero-order valence-electron chi connectivity index (χ0n) is 8.69. The molecule has 0 amide bonds. The fraction of sp³-hybridized carbons (Fsp3) is 0.143. The molecule has 1 aromatic carbocycles. The molecule has 14 heavy (non-hydrogen) atoms. The van der Waals surface area contributed by atoms with Crippen LogP contribution in [0, 0.1) is 0 Å². The van der Waals surface area contributed by atoms with E-state index in [9.17, 15) is 8.42 Å². The number of rotatable bonds is 2. The molecule has 0 fully saturated rings. The van der Waals surface area contributed by atoms with Gasteiger partial charge < -0.3 is 6.16 Å². The Balaban J connectivity index is 0. The molecule has 4 nitrogen and oxygen atoms in total. The topological polar surface area (TPSA) is 63.6 Å². The quantitative estimate of drug-likeness (QED) is 0.521. The average molecular weight is 247 g/mol. The fourth-order valence-corrected chi connectivity index (χ4v) is 1.64. The summed E-state index contributed by atoms with van der Waals surface area (Å²) >= 11 is 5.64. The van der Waals surface area contributed by atoms with Crippen LogP contribution < -0.4 is 34.3 Å². The van der Waals surface area contributed by atoms with E-state index in [2.05, 4.69) is 0 Å². The summed E-state index contributed by atoms with van der Waals surface area (Å²) < 4.78 is 34.7. The Morgan fingerprint density at radius 2 is 2.07 bits per heavy atom. The predicted octanol–water partition coefficient (Wildman–Crippen LogP) is -1.29. The van der Waals surface area contributed by atoms with Gasteiger partial charge in [0.25, 0.3) is 10.1 Å². The molecule has 0 saturated carbocycles. The van der Waals surface area contributed by atoms with Gasteiger partial charge >= 0.3 is 29.6 Å². The molecule has 0 unspecified atom stereocenters. The molecule has 0 atom stereocenters. The summed E-state index contributed by atoms with van der Waals surface area (Å²) in [4.78, 5) is -0.252. The van der Waals surface area contributed by atoms with Gasteiger partial charge in [0, 0.05) is 0 Å². The minimum Gasteiger partial charge on any atom is -1.00 e. The SMILES string of the molecule is COc1ccc(S(=O)(=O)O)cc1Cl.[H-].[Na+]. The summed E-state index contributed by atoms with van der Waals surface area (Å²) in [5, 5.41) is 0.137. The van der Waals surface area contributed by atoms with Gasteiger partial charge in [-0.25, -0.2) is 0 Å². The minimum atomic E-state index is -4.19. The molecule has 0 spiro atoms. The maximum atomic E-state index is 10.6. The van der Waals surface area contributed by atoms with Crippen molar-refractivity contribution in [2.75, 3.05) is 7.11 Å². The van der Waals surface area contributed by atoms with Crippen molar-refractivity contribution in [2.45, 2.75) is 4.90 Å². The van der Waals surface area contributed by atoms with E-state index in [1.165, 1.54) is 19.2 Å². The van der Waals surface area contributed by atoms with E-state index in [0.29, 0.717) is 5.75 Å². The summed E-state index contributed by atoms with van der Waals surface area (Å²) in [5.74, 6) is 0.356. The molecule has 0 radical (unpaired) electrons. The largest absolute Gasteiger partial charge is 1.00 e. The number of benzene rings is 1. The first-order valence-corrected chi connectivity index (χ1v) is 5.08. The van der Waals surface area contributed by atoms with Gasteiger partial charge in [0.2, 0.25) is 0 Å². The second-order valence-electron chi connectivity index (χ2n) is 2.27. The fourth-order valence-electron chi connectivity index (χ4n) is 0.808. The van der Waals surface area contributed by atoms with Crippen LogP contribution in [-0.4, -0.2) is 20.1 Å². The maximum Gasteiger partial charge on any atom is 1.00 e. The van der Waals surface area contributed by atoms with Crippen LogP contribution in [0.1, 0.15) is 1.43 Å². The predicted molar refractivity (Wildman–Crippen MR) is 48.9 cm³/mol. The van der Waals surface area contributed by atoms with Crippen LogP contribution in [0.25, 0.3) is 0 Å². The van der Waals surface area contributed by atoms with Crippen molar-refractivity contribution in [3.05, 3.63) is 23.2 Å². The Morgan fingerprint density at radius 3 is 2.43 bits per heavy atom. The second kappa shape index (κ2) is 5.34. The summed E-state index contributed by atoms with van der Waals surface area (Å²) in [6.07, 6.45) is 0. The molecule has 1 aromatic rings. The molecule has 0 saturated heterocycles. The normalized spacial score (nSPS) is 10.5. The molecular weight excluding hydrogens is 239 g/mol. The molecule has 0 bridgehead atoms. The van der Waals surface area contributed by atoms with Crippen molar-refractivity contribution in [1.29, 1.82) is 0 Å². The average Bonchev–Trinajstić information content (AvgIpc) is 2.02. The number of halogens is 1. The first-order valence-electron chi connectivity index (χ1n) is 3.26.